The van der Waals surface area contributed by atoms with Crippen LogP contribution in [-0.4, -0.2) is 46.4 Å². The molecule has 2 aromatic carbocycles. The van der Waals surface area contributed by atoms with E-state index in [-0.39, 0.29) is 29.7 Å². The number of rotatable bonds is 6. The van der Waals surface area contributed by atoms with Gasteiger partial charge in [-0.25, -0.2) is 18.0 Å². The maximum Gasteiger partial charge on any atom is 0.325 e. The average Bonchev–Trinajstić information content (AvgIpc) is 3.45. The van der Waals surface area contributed by atoms with Crippen molar-refractivity contribution in [3.8, 4) is 0 Å². The Hall–Kier alpha value is -2.87. The summed E-state index contributed by atoms with van der Waals surface area (Å²) in [7, 11) is 0. The van der Waals surface area contributed by atoms with Crippen LogP contribution < -0.4 is 5.32 Å². The Morgan fingerprint density at radius 2 is 1.51 bits per heavy atom. The summed E-state index contributed by atoms with van der Waals surface area (Å²) >= 11 is 0. The van der Waals surface area contributed by atoms with Gasteiger partial charge in [-0.15, -0.1) is 0 Å². The minimum absolute atomic E-state index is 0.0638. The zero-order valence-electron chi connectivity index (χ0n) is 19.6. The second-order valence-corrected chi connectivity index (χ2v) is 10.1. The van der Waals surface area contributed by atoms with Gasteiger partial charge in [0.25, 0.3) is 5.91 Å². The second kappa shape index (κ2) is 9.64. The number of urea groups is 1. The Kier molecular flexibility index (Phi) is 6.57. The highest BCUT2D eigenvalue weighted by molar-refractivity contribution is 6.07. The molecule has 0 bridgehead atoms. The molecule has 35 heavy (non-hydrogen) atoms. The predicted molar refractivity (Wildman–Crippen MR) is 125 cm³/mol. The molecule has 1 N–H and O–H groups in total. The maximum atomic E-state index is 13.9. The Morgan fingerprint density at radius 1 is 0.857 bits per heavy atom. The van der Waals surface area contributed by atoms with Crippen LogP contribution in [-0.2, 0) is 17.8 Å². The Balaban J connectivity index is 1.35. The lowest BCUT2D eigenvalue weighted by molar-refractivity contribution is -0.135. The van der Waals surface area contributed by atoms with E-state index in [9.17, 15) is 22.8 Å². The number of piperidine rings is 1. The molecule has 5 rings (SSSR count). The van der Waals surface area contributed by atoms with Gasteiger partial charge in [-0.05, 0) is 80.1 Å². The van der Waals surface area contributed by atoms with E-state index in [1.165, 1.54) is 23.1 Å². The molecule has 2 aromatic rings. The van der Waals surface area contributed by atoms with E-state index >= 15 is 0 Å². The van der Waals surface area contributed by atoms with Gasteiger partial charge >= 0.3 is 6.03 Å². The topological polar surface area (TPSA) is 52.7 Å². The summed E-state index contributed by atoms with van der Waals surface area (Å²) in [6, 6.07) is 9.66. The summed E-state index contributed by atoms with van der Waals surface area (Å²) in [6.07, 6.45) is 5.35. The van der Waals surface area contributed by atoms with Crippen LogP contribution in [0.4, 0.5) is 18.0 Å². The smallest absolute Gasteiger partial charge is 0.322 e. The molecule has 8 heteroatoms. The van der Waals surface area contributed by atoms with Crippen LogP contribution in [0.15, 0.2) is 42.5 Å². The molecule has 3 fully saturated rings. The highest BCUT2D eigenvalue weighted by Crippen LogP contribution is 2.39. The van der Waals surface area contributed by atoms with E-state index in [0.29, 0.717) is 44.5 Å². The lowest BCUT2D eigenvalue weighted by Gasteiger charge is -2.41. The molecule has 186 valence electrons. The molecule has 3 amide bonds. The number of carbonyl (C=O) groups excluding carboxylic acids is 2. The van der Waals surface area contributed by atoms with E-state index in [1.807, 2.05) is 0 Å². The van der Waals surface area contributed by atoms with Gasteiger partial charge in [-0.2, -0.15) is 0 Å². The number of benzene rings is 2. The quantitative estimate of drug-likeness (QED) is 0.599. The van der Waals surface area contributed by atoms with E-state index in [1.54, 1.807) is 18.2 Å². The zero-order chi connectivity index (χ0) is 24.6. The van der Waals surface area contributed by atoms with Gasteiger partial charge in [0.1, 0.15) is 11.4 Å². The molecule has 0 spiro atoms. The van der Waals surface area contributed by atoms with Gasteiger partial charge in [0.15, 0.2) is 11.6 Å². The molecule has 2 heterocycles. The number of nitrogens with one attached hydrogen (secondary N) is 1. The predicted octanol–water partition coefficient (Wildman–Crippen LogP) is 4.79. The van der Waals surface area contributed by atoms with Crippen LogP contribution in [0.25, 0.3) is 0 Å². The minimum atomic E-state index is -1.06. The van der Waals surface area contributed by atoms with Crippen LogP contribution in [0.3, 0.4) is 0 Å². The van der Waals surface area contributed by atoms with Gasteiger partial charge in [0, 0.05) is 19.0 Å². The van der Waals surface area contributed by atoms with Crippen LogP contribution in [0.5, 0.6) is 0 Å². The fourth-order valence-corrected chi connectivity index (χ4v) is 6.05. The van der Waals surface area contributed by atoms with Gasteiger partial charge in [-0.1, -0.05) is 31.0 Å². The zero-order valence-corrected chi connectivity index (χ0v) is 19.6. The first kappa shape index (κ1) is 23.9. The maximum absolute atomic E-state index is 13.9. The summed E-state index contributed by atoms with van der Waals surface area (Å²) in [6.45, 7) is 1.83. The summed E-state index contributed by atoms with van der Waals surface area (Å²) in [5.74, 6) is -2.32. The summed E-state index contributed by atoms with van der Waals surface area (Å²) in [4.78, 5) is 30.6. The van der Waals surface area contributed by atoms with Crippen molar-refractivity contribution in [1.82, 2.24) is 15.1 Å². The number of imide groups is 1. The number of nitrogens with zero attached hydrogens (tertiary/aromatic N) is 2. The Morgan fingerprint density at radius 3 is 2.17 bits per heavy atom. The number of hydrogen-bond donors (Lipinski definition) is 1. The summed E-state index contributed by atoms with van der Waals surface area (Å²) in [5.41, 5.74) is 0.435. The van der Waals surface area contributed by atoms with Crippen molar-refractivity contribution >= 4 is 11.9 Å². The fourth-order valence-electron chi connectivity index (χ4n) is 6.05. The molecule has 5 nitrogen and oxygen atoms in total. The molecule has 0 unspecified atom stereocenters. The normalized spacial score (nSPS) is 24.4. The number of amides is 3. The molecular weight excluding hydrogens is 455 g/mol. The highest BCUT2D eigenvalue weighted by Gasteiger charge is 2.57. The van der Waals surface area contributed by atoms with Crippen LogP contribution in [0, 0.1) is 23.4 Å². The van der Waals surface area contributed by atoms with Crippen molar-refractivity contribution in [2.75, 3.05) is 13.1 Å². The van der Waals surface area contributed by atoms with E-state index in [0.717, 1.165) is 37.3 Å². The molecule has 1 aliphatic carbocycles. The fraction of sp³-hybridized carbons (Fsp3) is 0.481. The second-order valence-electron chi connectivity index (χ2n) is 10.1. The molecule has 1 atom stereocenters. The SMILES string of the molecule is O=C1N[C@](Cc2ccc(F)cc2)(C2CCN(Cc3ccc(F)c(F)c3)CC2)C(=O)N1C1CCCC1. The summed E-state index contributed by atoms with van der Waals surface area (Å²) in [5, 5.41) is 3.09. The third-order valence-corrected chi connectivity index (χ3v) is 7.91. The number of likely N-dealkylation sites (tertiary alicyclic amines) is 1. The van der Waals surface area contributed by atoms with Gasteiger partial charge in [-0.3, -0.25) is 14.6 Å². The first-order valence-electron chi connectivity index (χ1n) is 12.4. The minimum Gasteiger partial charge on any atom is -0.322 e. The lowest BCUT2D eigenvalue weighted by Crippen LogP contribution is -2.57. The third-order valence-electron chi connectivity index (χ3n) is 7.91. The molecule has 0 radical (unpaired) electrons. The molecule has 2 saturated heterocycles. The molecular formula is C27H30F3N3O2. The van der Waals surface area contributed by atoms with Gasteiger partial charge in [0.05, 0.1) is 0 Å². The van der Waals surface area contributed by atoms with Gasteiger partial charge < -0.3 is 5.32 Å². The Labute approximate surface area is 203 Å². The Bertz CT molecular complexity index is 1100. The number of halogens is 3. The van der Waals surface area contributed by atoms with Crippen molar-refractivity contribution < 1.29 is 22.8 Å². The first-order valence-corrected chi connectivity index (χ1v) is 12.4. The van der Waals surface area contributed by atoms with E-state index < -0.39 is 17.2 Å². The highest BCUT2D eigenvalue weighted by atomic mass is 19.2. The van der Waals surface area contributed by atoms with Crippen molar-refractivity contribution in [3.05, 3.63) is 71.0 Å². The first-order chi connectivity index (χ1) is 16.9. The monoisotopic (exact) mass is 485 g/mol. The van der Waals surface area contributed by atoms with E-state index in [4.69, 9.17) is 0 Å². The third kappa shape index (κ3) is 4.68. The van der Waals surface area contributed by atoms with Crippen LogP contribution in [0.2, 0.25) is 0 Å². The van der Waals surface area contributed by atoms with Crippen LogP contribution >= 0.6 is 0 Å². The van der Waals surface area contributed by atoms with Crippen LogP contribution in [0.1, 0.15) is 49.7 Å². The van der Waals surface area contributed by atoms with Gasteiger partial charge in [0.2, 0.25) is 0 Å². The number of hydrogen-bond acceptors (Lipinski definition) is 3. The lowest BCUT2D eigenvalue weighted by atomic mass is 9.73. The molecule has 3 aliphatic rings. The van der Waals surface area contributed by atoms with Crippen molar-refractivity contribution in [3.63, 3.8) is 0 Å². The number of carbonyl (C=O) groups is 2. The average molecular weight is 486 g/mol. The van der Waals surface area contributed by atoms with Crippen molar-refractivity contribution in [2.45, 2.75) is 63.1 Å². The standard InChI is InChI=1S/C27H30F3N3O2/c28-21-8-5-18(6-9-21)16-27(25(34)33(26(35)31-27)22-3-1-2-4-22)20-11-13-32(14-12-20)17-19-7-10-23(29)24(30)15-19/h5-10,15,20,22H,1-4,11-14,16-17H2,(H,31,35)/t27-/m1/s1. The largest absolute Gasteiger partial charge is 0.325 e. The van der Waals surface area contributed by atoms with Crippen molar-refractivity contribution in [1.29, 1.82) is 0 Å². The molecule has 0 aromatic heterocycles. The van der Waals surface area contributed by atoms with E-state index in [2.05, 4.69) is 10.2 Å². The molecule has 1 saturated carbocycles. The van der Waals surface area contributed by atoms with Crippen molar-refractivity contribution in [2.24, 2.45) is 5.92 Å². The summed E-state index contributed by atoms with van der Waals surface area (Å²) < 4.78 is 40.4. The molecule has 2 aliphatic heterocycles.